The number of benzene rings is 1. The molecule has 1 aromatic heterocycles. The maximum Gasteiger partial charge on any atom is 0.251 e. The number of amides is 1. The van der Waals surface area contributed by atoms with E-state index in [9.17, 15) is 4.79 Å². The van der Waals surface area contributed by atoms with Crippen molar-refractivity contribution in [1.82, 2.24) is 15.3 Å². The Hall–Kier alpha value is -1.84. The topological polar surface area (TPSA) is 57.8 Å². The van der Waals surface area contributed by atoms with Gasteiger partial charge >= 0.3 is 0 Å². The van der Waals surface area contributed by atoms with Gasteiger partial charge in [0.15, 0.2) is 0 Å². The maximum atomic E-state index is 12.0. The van der Waals surface area contributed by atoms with Crippen LogP contribution in [0.1, 0.15) is 37.6 Å². The zero-order valence-electron chi connectivity index (χ0n) is 10.4. The van der Waals surface area contributed by atoms with Crippen molar-refractivity contribution in [3.8, 4) is 0 Å². The zero-order valence-corrected chi connectivity index (χ0v) is 10.4. The second-order valence-electron chi connectivity index (χ2n) is 4.83. The number of carbonyl (C=O) groups excluding carboxylic acids is 1. The number of H-pyrrole nitrogens is 1. The van der Waals surface area contributed by atoms with Crippen LogP contribution in [0.5, 0.6) is 0 Å². The van der Waals surface area contributed by atoms with Gasteiger partial charge in [0.25, 0.3) is 5.91 Å². The molecule has 0 unspecified atom stereocenters. The minimum atomic E-state index is -0.181. The number of hydrogen-bond donors (Lipinski definition) is 2. The second kappa shape index (κ2) is 4.20. The molecule has 1 aromatic carbocycles. The third-order valence-corrected chi connectivity index (χ3v) is 3.02. The molecule has 4 heteroatoms. The summed E-state index contributed by atoms with van der Waals surface area (Å²) in [7, 11) is 0. The normalized spacial score (nSPS) is 11.7. The Morgan fingerprint density at radius 3 is 2.94 bits per heavy atom. The lowest BCUT2D eigenvalue weighted by molar-refractivity contribution is 0.0911. The minimum absolute atomic E-state index is 0.0478. The van der Waals surface area contributed by atoms with Gasteiger partial charge in [0.1, 0.15) is 0 Å². The zero-order chi connectivity index (χ0) is 12.5. The molecular formula is C13H17N3O. The highest BCUT2D eigenvalue weighted by atomic mass is 16.1. The Kier molecular flexibility index (Phi) is 2.88. The lowest BCUT2D eigenvalue weighted by Gasteiger charge is -2.24. The number of nitrogens with one attached hydrogen (secondary N) is 2. The van der Waals surface area contributed by atoms with Gasteiger partial charge in [0.2, 0.25) is 0 Å². The quantitative estimate of drug-likeness (QED) is 0.852. The summed E-state index contributed by atoms with van der Waals surface area (Å²) >= 11 is 0. The van der Waals surface area contributed by atoms with Crippen molar-refractivity contribution in [2.75, 3.05) is 0 Å². The molecule has 2 N–H and O–H groups in total. The van der Waals surface area contributed by atoms with E-state index in [4.69, 9.17) is 0 Å². The maximum absolute atomic E-state index is 12.0. The number of imidazole rings is 1. The lowest BCUT2D eigenvalue weighted by atomic mass is 10.0. The Morgan fingerprint density at radius 1 is 1.47 bits per heavy atom. The molecule has 1 amide bonds. The first-order valence-electron chi connectivity index (χ1n) is 5.77. The molecule has 0 saturated heterocycles. The van der Waals surface area contributed by atoms with Crippen LogP contribution in [-0.2, 0) is 0 Å². The standard InChI is InChI=1S/C13H17N3O/c1-4-13(2,3)16-12(17)9-5-6-10-11(7-9)15-8-14-10/h5-8H,4H2,1-3H3,(H,14,15)(H,16,17). The van der Waals surface area contributed by atoms with Crippen LogP contribution in [0.25, 0.3) is 11.0 Å². The van der Waals surface area contributed by atoms with Crippen molar-refractivity contribution >= 4 is 16.9 Å². The van der Waals surface area contributed by atoms with E-state index < -0.39 is 0 Å². The van der Waals surface area contributed by atoms with Crippen molar-refractivity contribution in [1.29, 1.82) is 0 Å². The average Bonchev–Trinajstić information content (AvgIpc) is 2.75. The Balaban J connectivity index is 2.24. The van der Waals surface area contributed by atoms with Crippen LogP contribution in [0.2, 0.25) is 0 Å². The summed E-state index contributed by atoms with van der Waals surface area (Å²) in [6.45, 7) is 6.08. The molecule has 4 nitrogen and oxygen atoms in total. The molecule has 0 atom stereocenters. The summed E-state index contributed by atoms with van der Waals surface area (Å²) in [5, 5.41) is 3.01. The molecule has 0 bridgehead atoms. The molecule has 0 fully saturated rings. The number of fused-ring (bicyclic) bond motifs is 1. The molecule has 2 rings (SSSR count). The number of aromatic nitrogens is 2. The van der Waals surface area contributed by atoms with Crippen molar-refractivity contribution in [2.45, 2.75) is 32.7 Å². The van der Waals surface area contributed by atoms with E-state index in [0.29, 0.717) is 5.56 Å². The highest BCUT2D eigenvalue weighted by Gasteiger charge is 2.18. The number of rotatable bonds is 3. The fraction of sp³-hybridized carbons (Fsp3) is 0.385. The van der Waals surface area contributed by atoms with Gasteiger partial charge in [-0.3, -0.25) is 4.79 Å². The molecule has 0 aliphatic carbocycles. The molecule has 0 aliphatic rings. The Bertz CT molecular complexity index is 542. The molecule has 90 valence electrons. The monoisotopic (exact) mass is 231 g/mol. The van der Waals surface area contributed by atoms with E-state index in [0.717, 1.165) is 17.5 Å². The third kappa shape index (κ3) is 2.46. The molecular weight excluding hydrogens is 214 g/mol. The molecule has 2 aromatic rings. The largest absolute Gasteiger partial charge is 0.347 e. The number of hydrogen-bond acceptors (Lipinski definition) is 2. The third-order valence-electron chi connectivity index (χ3n) is 3.02. The van der Waals surface area contributed by atoms with Crippen LogP contribution >= 0.6 is 0 Å². The summed E-state index contributed by atoms with van der Waals surface area (Å²) in [6, 6.07) is 5.47. The summed E-state index contributed by atoms with van der Waals surface area (Å²) in [4.78, 5) is 19.2. The van der Waals surface area contributed by atoms with Gasteiger partial charge in [-0.25, -0.2) is 4.98 Å². The van der Waals surface area contributed by atoms with Crippen LogP contribution < -0.4 is 5.32 Å². The number of carbonyl (C=O) groups is 1. The van der Waals surface area contributed by atoms with Gasteiger partial charge in [0, 0.05) is 11.1 Å². The Morgan fingerprint density at radius 2 is 2.24 bits per heavy atom. The van der Waals surface area contributed by atoms with Gasteiger partial charge in [-0.2, -0.15) is 0 Å². The Labute approximate surface area is 100 Å². The number of nitrogens with zero attached hydrogens (tertiary/aromatic N) is 1. The van der Waals surface area contributed by atoms with E-state index in [1.165, 1.54) is 0 Å². The fourth-order valence-electron chi connectivity index (χ4n) is 1.54. The first-order valence-corrected chi connectivity index (χ1v) is 5.77. The molecule has 0 spiro atoms. The van der Waals surface area contributed by atoms with Gasteiger partial charge in [0.05, 0.1) is 17.4 Å². The van der Waals surface area contributed by atoms with E-state index in [2.05, 4.69) is 22.2 Å². The van der Waals surface area contributed by atoms with E-state index >= 15 is 0 Å². The molecule has 0 aliphatic heterocycles. The van der Waals surface area contributed by atoms with Gasteiger partial charge in [-0.1, -0.05) is 6.92 Å². The van der Waals surface area contributed by atoms with Crippen LogP contribution in [0.4, 0.5) is 0 Å². The SMILES string of the molecule is CCC(C)(C)NC(=O)c1ccc2nc[nH]c2c1. The molecule has 17 heavy (non-hydrogen) atoms. The van der Waals surface area contributed by atoms with E-state index in [1.807, 2.05) is 26.0 Å². The van der Waals surface area contributed by atoms with Crippen molar-refractivity contribution < 1.29 is 4.79 Å². The first-order chi connectivity index (χ1) is 8.02. The predicted molar refractivity (Wildman–Crippen MR) is 67.9 cm³/mol. The molecule has 1 heterocycles. The van der Waals surface area contributed by atoms with Crippen LogP contribution in [0.15, 0.2) is 24.5 Å². The van der Waals surface area contributed by atoms with Crippen molar-refractivity contribution in [3.63, 3.8) is 0 Å². The summed E-state index contributed by atoms with van der Waals surface area (Å²) in [5.41, 5.74) is 2.23. The van der Waals surface area contributed by atoms with Crippen LogP contribution in [0, 0.1) is 0 Å². The smallest absolute Gasteiger partial charge is 0.251 e. The van der Waals surface area contributed by atoms with Gasteiger partial charge in [-0.05, 0) is 38.5 Å². The molecule has 0 radical (unpaired) electrons. The first kappa shape index (κ1) is 11.6. The van der Waals surface area contributed by atoms with E-state index in [1.54, 1.807) is 12.4 Å². The minimum Gasteiger partial charge on any atom is -0.347 e. The van der Waals surface area contributed by atoms with Crippen molar-refractivity contribution in [2.24, 2.45) is 0 Å². The van der Waals surface area contributed by atoms with Crippen LogP contribution in [-0.4, -0.2) is 21.4 Å². The summed E-state index contributed by atoms with van der Waals surface area (Å²) < 4.78 is 0. The predicted octanol–water partition coefficient (Wildman–Crippen LogP) is 2.48. The van der Waals surface area contributed by atoms with Gasteiger partial charge in [-0.15, -0.1) is 0 Å². The lowest BCUT2D eigenvalue weighted by Crippen LogP contribution is -2.42. The summed E-state index contributed by atoms with van der Waals surface area (Å²) in [6.07, 6.45) is 2.52. The second-order valence-corrected chi connectivity index (χ2v) is 4.83. The summed E-state index contributed by atoms with van der Waals surface area (Å²) in [5.74, 6) is -0.0478. The fourth-order valence-corrected chi connectivity index (χ4v) is 1.54. The highest BCUT2D eigenvalue weighted by Crippen LogP contribution is 2.13. The van der Waals surface area contributed by atoms with Crippen LogP contribution in [0.3, 0.4) is 0 Å². The van der Waals surface area contributed by atoms with E-state index in [-0.39, 0.29) is 11.4 Å². The van der Waals surface area contributed by atoms with Gasteiger partial charge < -0.3 is 10.3 Å². The average molecular weight is 231 g/mol. The van der Waals surface area contributed by atoms with Crippen molar-refractivity contribution in [3.05, 3.63) is 30.1 Å². The number of aromatic amines is 1. The molecule has 0 saturated carbocycles. The highest BCUT2D eigenvalue weighted by molar-refractivity contribution is 5.97.